The second kappa shape index (κ2) is 10.4. The summed E-state index contributed by atoms with van der Waals surface area (Å²) < 4.78 is 41.0. The highest BCUT2D eigenvalue weighted by Crippen LogP contribution is 2.24. The second-order valence-corrected chi connectivity index (χ2v) is 6.37. The number of thioether (sulfide) groups is 1. The van der Waals surface area contributed by atoms with E-state index < -0.39 is 12.6 Å². The fraction of sp³-hybridized carbons (Fsp3) is 0.929. The van der Waals surface area contributed by atoms with Crippen LogP contribution in [-0.4, -0.2) is 29.3 Å². The average Bonchev–Trinajstić information content (AvgIpc) is 2.29. The number of esters is 1. The molecule has 0 saturated heterocycles. The Morgan fingerprint density at radius 1 is 1.20 bits per heavy atom. The molecule has 20 heavy (non-hydrogen) atoms. The highest BCUT2D eigenvalue weighted by Gasteiger charge is 2.26. The summed E-state index contributed by atoms with van der Waals surface area (Å²) >= 11 is 1.50. The van der Waals surface area contributed by atoms with Gasteiger partial charge in [-0.1, -0.05) is 19.8 Å². The van der Waals surface area contributed by atoms with E-state index in [4.69, 9.17) is 4.74 Å². The number of alkyl halides is 3. The zero-order valence-electron chi connectivity index (χ0n) is 12.5. The zero-order valence-corrected chi connectivity index (χ0v) is 13.3. The number of carbonyl (C=O) groups excluding carboxylic acids is 1. The molecule has 1 unspecified atom stereocenters. The smallest absolute Gasteiger partial charge is 0.389 e. The Hall–Kier alpha value is -0.390. The normalized spacial score (nSPS) is 13.6. The van der Waals surface area contributed by atoms with E-state index in [-0.39, 0.29) is 23.7 Å². The summed E-state index contributed by atoms with van der Waals surface area (Å²) in [6.45, 7) is 5.62. The topological polar surface area (TPSA) is 26.3 Å². The maximum Gasteiger partial charge on any atom is 0.389 e. The molecule has 1 atom stereocenters. The van der Waals surface area contributed by atoms with Crippen LogP contribution in [0, 0.1) is 0 Å². The van der Waals surface area contributed by atoms with E-state index in [1.54, 1.807) is 0 Å². The Balaban J connectivity index is 3.83. The number of hydrogen-bond acceptors (Lipinski definition) is 3. The van der Waals surface area contributed by atoms with Gasteiger partial charge >= 0.3 is 12.1 Å². The van der Waals surface area contributed by atoms with Crippen LogP contribution >= 0.6 is 11.8 Å². The standard InChI is InChI=1S/C14H25F3O2S/c1-4-8-12(13(18)19-11(2)3)20-10-7-5-6-9-14(15,16)17/h11-12H,4-10H2,1-3H3. The van der Waals surface area contributed by atoms with Crippen LogP contribution in [0.1, 0.15) is 59.3 Å². The van der Waals surface area contributed by atoms with Crippen LogP contribution in [0.2, 0.25) is 0 Å². The molecule has 0 fully saturated rings. The van der Waals surface area contributed by atoms with Crippen molar-refractivity contribution in [2.24, 2.45) is 0 Å². The first-order valence-electron chi connectivity index (χ1n) is 7.15. The van der Waals surface area contributed by atoms with Crippen molar-refractivity contribution >= 4 is 17.7 Å². The molecule has 0 saturated carbocycles. The molecule has 120 valence electrons. The molecular formula is C14H25F3O2S. The van der Waals surface area contributed by atoms with Crippen LogP contribution < -0.4 is 0 Å². The van der Waals surface area contributed by atoms with Gasteiger partial charge in [0.25, 0.3) is 0 Å². The van der Waals surface area contributed by atoms with Gasteiger partial charge in [0.05, 0.1) is 6.10 Å². The molecule has 0 N–H and O–H groups in total. The van der Waals surface area contributed by atoms with Crippen LogP contribution in [0.15, 0.2) is 0 Å². The number of ether oxygens (including phenoxy) is 1. The predicted octanol–water partition coefficient (Wildman–Crippen LogP) is 4.96. The molecule has 0 heterocycles. The van der Waals surface area contributed by atoms with Crippen LogP contribution in [0.4, 0.5) is 13.2 Å². The van der Waals surface area contributed by atoms with Crippen LogP contribution in [-0.2, 0) is 9.53 Å². The molecule has 6 heteroatoms. The van der Waals surface area contributed by atoms with Crippen LogP contribution in [0.25, 0.3) is 0 Å². The first-order valence-corrected chi connectivity index (χ1v) is 8.20. The van der Waals surface area contributed by atoms with E-state index in [1.165, 1.54) is 11.8 Å². The molecule has 0 rings (SSSR count). The van der Waals surface area contributed by atoms with Gasteiger partial charge in [-0.25, -0.2) is 0 Å². The van der Waals surface area contributed by atoms with Gasteiger partial charge in [0, 0.05) is 6.42 Å². The van der Waals surface area contributed by atoms with Crippen molar-refractivity contribution in [1.29, 1.82) is 0 Å². The van der Waals surface area contributed by atoms with Crippen molar-refractivity contribution in [1.82, 2.24) is 0 Å². The summed E-state index contributed by atoms with van der Waals surface area (Å²) in [4.78, 5) is 11.8. The Kier molecular flexibility index (Phi) is 10.2. The summed E-state index contributed by atoms with van der Waals surface area (Å²) in [6.07, 6.45) is -1.85. The second-order valence-electron chi connectivity index (χ2n) is 5.06. The molecule has 0 bridgehead atoms. The largest absolute Gasteiger partial charge is 0.462 e. The minimum atomic E-state index is -4.06. The van der Waals surface area contributed by atoms with Gasteiger partial charge < -0.3 is 4.74 Å². The van der Waals surface area contributed by atoms with Crippen LogP contribution in [0.3, 0.4) is 0 Å². The Labute approximate surface area is 123 Å². The fourth-order valence-electron chi connectivity index (χ4n) is 1.67. The molecule has 2 nitrogen and oxygen atoms in total. The third kappa shape index (κ3) is 11.4. The number of hydrogen-bond donors (Lipinski definition) is 0. The minimum absolute atomic E-state index is 0.130. The third-order valence-corrected chi connectivity index (χ3v) is 3.94. The van der Waals surface area contributed by atoms with Gasteiger partial charge in [0.1, 0.15) is 5.25 Å². The molecule has 0 spiro atoms. The maximum atomic E-state index is 12.0. The summed E-state index contributed by atoms with van der Waals surface area (Å²) in [5.41, 5.74) is 0. The summed E-state index contributed by atoms with van der Waals surface area (Å²) in [5.74, 6) is 0.498. The highest BCUT2D eigenvalue weighted by atomic mass is 32.2. The number of rotatable bonds is 10. The first kappa shape index (κ1) is 19.6. The van der Waals surface area contributed by atoms with Crippen molar-refractivity contribution in [2.45, 2.75) is 76.8 Å². The Morgan fingerprint density at radius 2 is 1.85 bits per heavy atom. The first-order chi connectivity index (χ1) is 9.26. The zero-order chi connectivity index (χ0) is 15.6. The van der Waals surface area contributed by atoms with Gasteiger partial charge in [0.15, 0.2) is 0 Å². The molecule has 0 aromatic rings. The molecule has 0 aromatic heterocycles. The monoisotopic (exact) mass is 314 g/mol. The third-order valence-electron chi connectivity index (χ3n) is 2.59. The summed E-state index contributed by atoms with van der Waals surface area (Å²) in [5, 5.41) is -0.190. The fourth-order valence-corrected chi connectivity index (χ4v) is 2.92. The highest BCUT2D eigenvalue weighted by molar-refractivity contribution is 8.00. The molecule has 0 radical (unpaired) electrons. The lowest BCUT2D eigenvalue weighted by Gasteiger charge is -2.16. The molecule has 0 aromatic carbocycles. The predicted molar refractivity (Wildman–Crippen MR) is 76.9 cm³/mol. The molecule has 0 aliphatic heterocycles. The van der Waals surface area contributed by atoms with Gasteiger partial charge in [-0.2, -0.15) is 13.2 Å². The van der Waals surface area contributed by atoms with Crippen molar-refractivity contribution in [3.05, 3.63) is 0 Å². The van der Waals surface area contributed by atoms with Gasteiger partial charge in [-0.15, -0.1) is 11.8 Å². The molecule has 0 aliphatic rings. The van der Waals surface area contributed by atoms with E-state index in [1.807, 2.05) is 20.8 Å². The van der Waals surface area contributed by atoms with Gasteiger partial charge in [0.2, 0.25) is 0 Å². The van der Waals surface area contributed by atoms with E-state index in [0.717, 1.165) is 12.8 Å². The van der Waals surface area contributed by atoms with E-state index in [9.17, 15) is 18.0 Å². The number of unbranched alkanes of at least 4 members (excludes halogenated alkanes) is 2. The minimum Gasteiger partial charge on any atom is -0.462 e. The SMILES string of the molecule is CCCC(SCCCCCC(F)(F)F)C(=O)OC(C)C. The van der Waals surface area contributed by atoms with Crippen molar-refractivity contribution in [3.63, 3.8) is 0 Å². The molecule has 0 amide bonds. The lowest BCUT2D eigenvalue weighted by Crippen LogP contribution is -2.23. The van der Waals surface area contributed by atoms with Gasteiger partial charge in [-0.3, -0.25) is 4.79 Å². The Morgan fingerprint density at radius 3 is 2.35 bits per heavy atom. The number of carbonyl (C=O) groups is 1. The maximum absolute atomic E-state index is 12.0. The molecule has 0 aliphatic carbocycles. The lowest BCUT2D eigenvalue weighted by atomic mass is 10.2. The number of halogens is 3. The quantitative estimate of drug-likeness (QED) is 0.421. The summed E-state index contributed by atoms with van der Waals surface area (Å²) in [7, 11) is 0. The van der Waals surface area contributed by atoms with Gasteiger partial charge in [-0.05, 0) is 38.9 Å². The van der Waals surface area contributed by atoms with Crippen molar-refractivity contribution in [2.75, 3.05) is 5.75 Å². The summed E-state index contributed by atoms with van der Waals surface area (Å²) in [6, 6.07) is 0. The van der Waals surface area contributed by atoms with Crippen molar-refractivity contribution < 1.29 is 22.7 Å². The Bertz CT molecular complexity index is 268. The average molecular weight is 314 g/mol. The van der Waals surface area contributed by atoms with E-state index in [0.29, 0.717) is 18.6 Å². The van der Waals surface area contributed by atoms with Crippen LogP contribution in [0.5, 0.6) is 0 Å². The van der Waals surface area contributed by atoms with E-state index >= 15 is 0 Å². The van der Waals surface area contributed by atoms with E-state index in [2.05, 4.69) is 0 Å². The molecular weight excluding hydrogens is 289 g/mol. The van der Waals surface area contributed by atoms with Crippen molar-refractivity contribution in [3.8, 4) is 0 Å². The lowest BCUT2D eigenvalue weighted by molar-refractivity contribution is -0.146.